The summed E-state index contributed by atoms with van der Waals surface area (Å²) < 4.78 is 12.9. The van der Waals surface area contributed by atoms with E-state index < -0.39 is 0 Å². The Hall–Kier alpha value is -1.07. The highest BCUT2D eigenvalue weighted by atomic mass is 32.2. The van der Waals surface area contributed by atoms with Crippen molar-refractivity contribution < 1.29 is 9.18 Å². The summed E-state index contributed by atoms with van der Waals surface area (Å²) in [4.78, 5) is 13.7. The molecule has 1 amide bonds. The molecule has 5 heteroatoms. The molecule has 1 aliphatic rings. The van der Waals surface area contributed by atoms with E-state index in [9.17, 15) is 9.18 Å². The van der Waals surface area contributed by atoms with Crippen LogP contribution in [0, 0.1) is 5.82 Å². The lowest BCUT2D eigenvalue weighted by atomic mass is 10.2. The Morgan fingerprint density at radius 2 is 2.17 bits per heavy atom. The molecular weight excluding hydrogens is 251 g/mol. The summed E-state index contributed by atoms with van der Waals surface area (Å²) in [5, 5.41) is 3.24. The van der Waals surface area contributed by atoms with Crippen LogP contribution in [0.1, 0.15) is 17.9 Å². The predicted octanol–water partition coefficient (Wildman–Crippen LogP) is 2.01. The van der Waals surface area contributed by atoms with Crippen molar-refractivity contribution >= 4 is 17.7 Å². The fourth-order valence-electron chi connectivity index (χ4n) is 1.98. The Morgan fingerprint density at radius 3 is 2.83 bits per heavy atom. The molecule has 1 saturated heterocycles. The summed E-state index contributed by atoms with van der Waals surface area (Å²) in [6.45, 7) is 4.43. The molecule has 0 bridgehead atoms. The maximum Gasteiger partial charge on any atom is 0.233 e. The van der Waals surface area contributed by atoms with E-state index in [-0.39, 0.29) is 17.1 Å². The van der Waals surface area contributed by atoms with Crippen molar-refractivity contribution in [1.29, 1.82) is 0 Å². The zero-order chi connectivity index (χ0) is 13.0. The van der Waals surface area contributed by atoms with E-state index in [1.54, 1.807) is 23.9 Å². The van der Waals surface area contributed by atoms with Gasteiger partial charge in [0.05, 0.1) is 5.75 Å². The van der Waals surface area contributed by atoms with Crippen LogP contribution in [0.3, 0.4) is 0 Å². The lowest BCUT2D eigenvalue weighted by Gasteiger charge is -2.24. The van der Waals surface area contributed by atoms with E-state index in [0.29, 0.717) is 12.3 Å². The third-order valence-electron chi connectivity index (χ3n) is 2.90. The number of rotatable bonds is 5. The Morgan fingerprint density at radius 1 is 1.44 bits per heavy atom. The summed E-state index contributed by atoms with van der Waals surface area (Å²) in [7, 11) is 0. The molecule has 1 aliphatic heterocycles. The van der Waals surface area contributed by atoms with Crippen molar-refractivity contribution in [2.45, 2.75) is 12.3 Å². The van der Waals surface area contributed by atoms with Crippen molar-refractivity contribution in [1.82, 2.24) is 10.2 Å². The van der Waals surface area contributed by atoms with Gasteiger partial charge >= 0.3 is 0 Å². The number of nitrogens with one attached hydrogen (secondary N) is 1. The highest BCUT2D eigenvalue weighted by Gasteiger charge is 2.32. The van der Waals surface area contributed by atoms with E-state index in [4.69, 9.17) is 0 Å². The van der Waals surface area contributed by atoms with Crippen LogP contribution in [-0.4, -0.2) is 36.2 Å². The average molecular weight is 268 g/mol. The van der Waals surface area contributed by atoms with Crippen LogP contribution < -0.4 is 5.32 Å². The van der Waals surface area contributed by atoms with E-state index in [0.717, 1.165) is 18.7 Å². The number of thioether (sulfide) groups is 1. The van der Waals surface area contributed by atoms with Crippen molar-refractivity contribution in [3.05, 3.63) is 35.6 Å². The SMILES string of the molecule is CCNCCN1C(=O)CSC1c1ccc(F)cc1. The summed E-state index contributed by atoms with van der Waals surface area (Å²) in [6.07, 6.45) is 0. The smallest absolute Gasteiger partial charge is 0.233 e. The molecule has 0 aliphatic carbocycles. The zero-order valence-electron chi connectivity index (χ0n) is 10.4. The predicted molar refractivity (Wildman–Crippen MR) is 71.9 cm³/mol. The number of hydrogen-bond donors (Lipinski definition) is 1. The summed E-state index contributed by atoms with van der Waals surface area (Å²) in [5.41, 5.74) is 0.990. The summed E-state index contributed by atoms with van der Waals surface area (Å²) >= 11 is 1.60. The van der Waals surface area contributed by atoms with Crippen LogP contribution in [0.4, 0.5) is 4.39 Å². The number of halogens is 1. The molecule has 3 nitrogen and oxygen atoms in total. The molecule has 1 unspecified atom stereocenters. The van der Waals surface area contributed by atoms with Crippen LogP contribution in [0.2, 0.25) is 0 Å². The Kier molecular flexibility index (Phi) is 4.60. The van der Waals surface area contributed by atoms with Gasteiger partial charge in [0.2, 0.25) is 5.91 Å². The lowest BCUT2D eigenvalue weighted by molar-refractivity contribution is -0.128. The molecule has 0 aromatic heterocycles. The third kappa shape index (κ3) is 3.03. The zero-order valence-corrected chi connectivity index (χ0v) is 11.2. The highest BCUT2D eigenvalue weighted by molar-refractivity contribution is 8.00. The van der Waals surface area contributed by atoms with Crippen LogP contribution in [0.25, 0.3) is 0 Å². The minimum Gasteiger partial charge on any atom is -0.325 e. The molecule has 0 saturated carbocycles. The fraction of sp³-hybridized carbons (Fsp3) is 0.462. The van der Waals surface area contributed by atoms with E-state index in [2.05, 4.69) is 5.32 Å². The minimum absolute atomic E-state index is 0.0248. The van der Waals surface area contributed by atoms with Gasteiger partial charge in [0.25, 0.3) is 0 Å². The maximum absolute atomic E-state index is 12.9. The van der Waals surface area contributed by atoms with Crippen molar-refractivity contribution in [2.75, 3.05) is 25.4 Å². The van der Waals surface area contributed by atoms with Gasteiger partial charge in [-0.15, -0.1) is 11.8 Å². The first kappa shape index (κ1) is 13.4. The number of benzene rings is 1. The molecule has 1 aromatic carbocycles. The monoisotopic (exact) mass is 268 g/mol. The highest BCUT2D eigenvalue weighted by Crippen LogP contribution is 2.38. The van der Waals surface area contributed by atoms with Gasteiger partial charge in [0.15, 0.2) is 0 Å². The van der Waals surface area contributed by atoms with Gasteiger partial charge in [-0.25, -0.2) is 4.39 Å². The van der Waals surface area contributed by atoms with E-state index >= 15 is 0 Å². The fourth-order valence-corrected chi connectivity index (χ4v) is 3.19. The molecular formula is C13H17FN2OS. The molecule has 1 fully saturated rings. The molecule has 0 spiro atoms. The number of likely N-dealkylation sites (N-methyl/N-ethyl adjacent to an activating group) is 1. The second-order valence-corrected chi connectivity index (χ2v) is 5.22. The van der Waals surface area contributed by atoms with E-state index in [1.165, 1.54) is 12.1 Å². The number of carbonyl (C=O) groups excluding carboxylic acids is 1. The first-order valence-electron chi connectivity index (χ1n) is 6.09. The molecule has 2 rings (SSSR count). The first-order valence-corrected chi connectivity index (χ1v) is 7.14. The van der Waals surface area contributed by atoms with Crippen molar-refractivity contribution in [2.24, 2.45) is 0 Å². The average Bonchev–Trinajstić information content (AvgIpc) is 2.73. The normalized spacial score (nSPS) is 19.6. The standard InChI is InChI=1S/C13H17FN2OS/c1-2-15-7-8-16-12(17)9-18-13(16)10-3-5-11(14)6-4-10/h3-6,13,15H,2,7-9H2,1H3. The van der Waals surface area contributed by atoms with Crippen LogP contribution >= 0.6 is 11.8 Å². The molecule has 18 heavy (non-hydrogen) atoms. The quantitative estimate of drug-likeness (QED) is 0.829. The van der Waals surface area contributed by atoms with Crippen molar-refractivity contribution in [3.63, 3.8) is 0 Å². The largest absolute Gasteiger partial charge is 0.325 e. The number of amides is 1. The number of hydrogen-bond acceptors (Lipinski definition) is 3. The molecule has 0 radical (unpaired) electrons. The Labute approximate surface area is 111 Å². The van der Waals surface area contributed by atoms with E-state index in [1.807, 2.05) is 11.8 Å². The van der Waals surface area contributed by atoms with Gasteiger partial charge in [-0.3, -0.25) is 4.79 Å². The van der Waals surface area contributed by atoms with Crippen LogP contribution in [0.5, 0.6) is 0 Å². The first-order chi connectivity index (χ1) is 8.72. The van der Waals surface area contributed by atoms with Gasteiger partial charge in [-0.1, -0.05) is 19.1 Å². The van der Waals surface area contributed by atoms with Gasteiger partial charge in [-0.05, 0) is 24.2 Å². The summed E-state index contributed by atoms with van der Waals surface area (Å²) in [6, 6.07) is 6.40. The van der Waals surface area contributed by atoms with Gasteiger partial charge in [-0.2, -0.15) is 0 Å². The number of carbonyl (C=O) groups is 1. The second kappa shape index (κ2) is 6.20. The van der Waals surface area contributed by atoms with Gasteiger partial charge in [0, 0.05) is 13.1 Å². The molecule has 1 heterocycles. The second-order valence-electron chi connectivity index (χ2n) is 4.16. The minimum atomic E-state index is -0.243. The van der Waals surface area contributed by atoms with Gasteiger partial charge < -0.3 is 10.2 Å². The Bertz CT molecular complexity index is 410. The van der Waals surface area contributed by atoms with Gasteiger partial charge in [0.1, 0.15) is 11.2 Å². The van der Waals surface area contributed by atoms with Crippen LogP contribution in [-0.2, 0) is 4.79 Å². The lowest BCUT2D eigenvalue weighted by Crippen LogP contribution is -2.35. The topological polar surface area (TPSA) is 32.3 Å². The summed E-state index contributed by atoms with van der Waals surface area (Å²) in [5.74, 6) is 0.424. The maximum atomic E-state index is 12.9. The van der Waals surface area contributed by atoms with Crippen LogP contribution in [0.15, 0.2) is 24.3 Å². The Balaban J connectivity index is 2.06. The molecule has 1 aromatic rings. The molecule has 98 valence electrons. The third-order valence-corrected chi connectivity index (χ3v) is 4.16. The molecule has 1 N–H and O–H groups in total. The van der Waals surface area contributed by atoms with Crippen molar-refractivity contribution in [3.8, 4) is 0 Å². The molecule has 1 atom stereocenters. The number of nitrogens with zero attached hydrogens (tertiary/aromatic N) is 1.